The molecule has 1 aliphatic rings. The Bertz CT molecular complexity index is 437. The number of hydrogen-bond acceptors (Lipinski definition) is 3. The Morgan fingerprint density at radius 2 is 2.05 bits per heavy atom. The van der Waals surface area contributed by atoms with Gasteiger partial charge in [-0.15, -0.1) is 0 Å². The van der Waals surface area contributed by atoms with E-state index in [1.54, 1.807) is 0 Å². The average Bonchev–Trinajstić information content (AvgIpc) is 2.68. The summed E-state index contributed by atoms with van der Waals surface area (Å²) >= 11 is 0. The summed E-state index contributed by atoms with van der Waals surface area (Å²) in [7, 11) is 0. The van der Waals surface area contributed by atoms with Crippen molar-refractivity contribution in [2.75, 3.05) is 18.9 Å². The smallest absolute Gasteiger partial charge is 0.127 e. The fourth-order valence-electron chi connectivity index (χ4n) is 2.82. The van der Waals surface area contributed by atoms with E-state index in [-0.39, 0.29) is 5.54 Å². The first-order valence-electron chi connectivity index (χ1n) is 7.28. The van der Waals surface area contributed by atoms with Crippen LogP contribution in [0.4, 0.5) is 5.82 Å². The summed E-state index contributed by atoms with van der Waals surface area (Å²) in [4.78, 5) is 4.86. The topological polar surface area (TPSA) is 53.1 Å². The Hall–Kier alpha value is -1.03. The second-order valence-corrected chi connectivity index (χ2v) is 6.82. The molecule has 1 aromatic heterocycles. The monoisotopic (exact) mass is 265 g/mol. The molecule has 19 heavy (non-hydrogen) atoms. The van der Waals surface area contributed by atoms with E-state index in [4.69, 9.17) is 15.5 Å². The molecule has 4 nitrogen and oxygen atoms in total. The summed E-state index contributed by atoms with van der Waals surface area (Å²) in [6, 6.07) is 0. The van der Waals surface area contributed by atoms with E-state index in [0.29, 0.717) is 11.8 Å². The maximum Gasteiger partial charge on any atom is 0.127 e. The van der Waals surface area contributed by atoms with E-state index in [1.165, 1.54) is 0 Å². The van der Waals surface area contributed by atoms with Crippen molar-refractivity contribution < 1.29 is 4.74 Å². The highest BCUT2D eigenvalue weighted by atomic mass is 16.5. The lowest BCUT2D eigenvalue weighted by molar-refractivity contribution is 0.0795. The van der Waals surface area contributed by atoms with Crippen LogP contribution in [-0.2, 0) is 10.3 Å². The van der Waals surface area contributed by atoms with Crippen molar-refractivity contribution >= 4 is 5.82 Å². The second kappa shape index (κ2) is 5.16. The Labute approximate surface area is 116 Å². The molecule has 0 aromatic carbocycles. The van der Waals surface area contributed by atoms with Gasteiger partial charge >= 0.3 is 0 Å². The quantitative estimate of drug-likeness (QED) is 0.893. The van der Waals surface area contributed by atoms with Crippen molar-refractivity contribution in [2.45, 2.75) is 64.8 Å². The van der Waals surface area contributed by atoms with Gasteiger partial charge in [-0.05, 0) is 33.6 Å². The number of anilines is 1. The number of hydrogen-bond donors (Lipinski definition) is 1. The SMILES string of the molecule is CC(C)c1nc(C2CCCOC2)c(N)n1C(C)(C)C. The standard InChI is InChI=1S/C15H27N3O/c1-10(2)14-17-12(11-7-6-8-19-9-11)13(16)18(14)15(3,4)5/h10-11H,6-9,16H2,1-5H3. The van der Waals surface area contributed by atoms with E-state index in [2.05, 4.69) is 39.2 Å². The van der Waals surface area contributed by atoms with Crippen LogP contribution in [0.3, 0.4) is 0 Å². The Kier molecular flexibility index (Phi) is 3.90. The molecule has 1 aromatic rings. The van der Waals surface area contributed by atoms with Gasteiger partial charge in [-0.2, -0.15) is 0 Å². The number of nitrogen functional groups attached to an aromatic ring is 1. The van der Waals surface area contributed by atoms with Crippen molar-refractivity contribution in [2.24, 2.45) is 0 Å². The molecule has 0 spiro atoms. The van der Waals surface area contributed by atoms with Crippen LogP contribution in [0.1, 0.15) is 70.8 Å². The highest BCUT2D eigenvalue weighted by Gasteiger charge is 2.29. The van der Waals surface area contributed by atoms with Gasteiger partial charge < -0.3 is 15.0 Å². The van der Waals surface area contributed by atoms with E-state index in [9.17, 15) is 0 Å². The lowest BCUT2D eigenvalue weighted by Crippen LogP contribution is -2.26. The molecule has 0 radical (unpaired) electrons. The molecule has 2 rings (SSSR count). The molecule has 1 aliphatic heterocycles. The predicted molar refractivity (Wildman–Crippen MR) is 78.5 cm³/mol. The summed E-state index contributed by atoms with van der Waals surface area (Å²) in [5.74, 6) is 2.65. The third-order valence-electron chi connectivity index (χ3n) is 3.70. The Balaban J connectivity index is 2.46. The van der Waals surface area contributed by atoms with Crippen molar-refractivity contribution in [1.82, 2.24) is 9.55 Å². The average molecular weight is 265 g/mol. The van der Waals surface area contributed by atoms with Gasteiger partial charge in [0.25, 0.3) is 0 Å². The second-order valence-electron chi connectivity index (χ2n) is 6.82. The number of nitrogens with zero attached hydrogens (tertiary/aromatic N) is 2. The van der Waals surface area contributed by atoms with Crippen LogP contribution in [-0.4, -0.2) is 22.8 Å². The van der Waals surface area contributed by atoms with Crippen LogP contribution in [0.25, 0.3) is 0 Å². The Morgan fingerprint density at radius 1 is 1.37 bits per heavy atom. The van der Waals surface area contributed by atoms with Crippen molar-refractivity contribution in [3.63, 3.8) is 0 Å². The van der Waals surface area contributed by atoms with Gasteiger partial charge in [0.05, 0.1) is 12.3 Å². The van der Waals surface area contributed by atoms with Crippen LogP contribution in [0, 0.1) is 0 Å². The minimum absolute atomic E-state index is 0.0372. The largest absolute Gasteiger partial charge is 0.384 e. The number of rotatable bonds is 2. The van der Waals surface area contributed by atoms with Gasteiger partial charge in [-0.1, -0.05) is 13.8 Å². The van der Waals surface area contributed by atoms with E-state index in [1.807, 2.05) is 0 Å². The molecule has 1 saturated heterocycles. The molecule has 108 valence electrons. The van der Waals surface area contributed by atoms with Crippen molar-refractivity contribution in [3.8, 4) is 0 Å². The molecule has 2 heterocycles. The zero-order valence-electron chi connectivity index (χ0n) is 12.9. The van der Waals surface area contributed by atoms with Crippen molar-refractivity contribution in [1.29, 1.82) is 0 Å². The van der Waals surface area contributed by atoms with Crippen molar-refractivity contribution in [3.05, 3.63) is 11.5 Å². The molecule has 0 aliphatic carbocycles. The van der Waals surface area contributed by atoms with Gasteiger partial charge in [-0.25, -0.2) is 4.98 Å². The molecule has 1 fully saturated rings. The molecule has 2 N–H and O–H groups in total. The zero-order chi connectivity index (χ0) is 14.2. The summed E-state index contributed by atoms with van der Waals surface area (Å²) in [5.41, 5.74) is 7.41. The fourth-order valence-corrected chi connectivity index (χ4v) is 2.82. The van der Waals surface area contributed by atoms with Crippen LogP contribution in [0.2, 0.25) is 0 Å². The Morgan fingerprint density at radius 3 is 2.47 bits per heavy atom. The van der Waals surface area contributed by atoms with Gasteiger partial charge in [-0.3, -0.25) is 0 Å². The molecule has 0 saturated carbocycles. The first kappa shape index (κ1) is 14.4. The maximum atomic E-state index is 6.40. The van der Waals surface area contributed by atoms with E-state index in [0.717, 1.165) is 43.4 Å². The first-order chi connectivity index (χ1) is 8.82. The zero-order valence-corrected chi connectivity index (χ0v) is 12.9. The van der Waals surface area contributed by atoms with Gasteiger partial charge in [0.1, 0.15) is 11.6 Å². The fraction of sp³-hybridized carbons (Fsp3) is 0.800. The predicted octanol–water partition coefficient (Wildman–Crippen LogP) is 3.24. The van der Waals surface area contributed by atoms with Crippen LogP contribution < -0.4 is 5.73 Å². The van der Waals surface area contributed by atoms with E-state index >= 15 is 0 Å². The first-order valence-corrected chi connectivity index (χ1v) is 7.28. The minimum atomic E-state index is -0.0372. The van der Waals surface area contributed by atoms with Crippen LogP contribution in [0.5, 0.6) is 0 Å². The lowest BCUT2D eigenvalue weighted by Gasteiger charge is -2.27. The lowest BCUT2D eigenvalue weighted by atomic mass is 9.98. The molecule has 1 atom stereocenters. The highest BCUT2D eigenvalue weighted by molar-refractivity contribution is 5.42. The molecule has 0 bridgehead atoms. The number of aromatic nitrogens is 2. The van der Waals surface area contributed by atoms with Gasteiger partial charge in [0.15, 0.2) is 0 Å². The van der Waals surface area contributed by atoms with Crippen LogP contribution >= 0.6 is 0 Å². The summed E-state index contributed by atoms with van der Waals surface area (Å²) in [5, 5.41) is 0. The maximum absolute atomic E-state index is 6.40. The summed E-state index contributed by atoms with van der Waals surface area (Å²) in [6.07, 6.45) is 2.23. The highest BCUT2D eigenvalue weighted by Crippen LogP contribution is 2.35. The van der Waals surface area contributed by atoms with E-state index < -0.39 is 0 Å². The van der Waals surface area contributed by atoms with Gasteiger partial charge in [0.2, 0.25) is 0 Å². The van der Waals surface area contributed by atoms with Gasteiger partial charge in [0, 0.05) is 24.0 Å². The normalized spacial score (nSPS) is 21.1. The number of ether oxygens (including phenoxy) is 1. The molecule has 4 heteroatoms. The number of imidazole rings is 1. The summed E-state index contributed by atoms with van der Waals surface area (Å²) < 4.78 is 7.78. The minimum Gasteiger partial charge on any atom is -0.384 e. The third kappa shape index (κ3) is 2.78. The molecule has 0 amide bonds. The summed E-state index contributed by atoms with van der Waals surface area (Å²) in [6.45, 7) is 12.5. The molecular weight excluding hydrogens is 238 g/mol. The van der Waals surface area contributed by atoms with Crippen LogP contribution in [0.15, 0.2) is 0 Å². The molecular formula is C15H27N3O. The number of nitrogens with two attached hydrogens (primary N) is 1. The third-order valence-corrected chi connectivity index (χ3v) is 3.70. The molecule has 1 unspecified atom stereocenters.